The minimum Gasteiger partial charge on any atom is -0.477 e. The molecule has 2 atom stereocenters. The lowest BCUT2D eigenvalue weighted by molar-refractivity contribution is -0.689. The maximum atomic E-state index is 13.4. The van der Waals surface area contributed by atoms with Crippen LogP contribution in [0.5, 0.6) is 0 Å². The summed E-state index contributed by atoms with van der Waals surface area (Å²) in [6.45, 7) is 0.320. The molecular formula is C25H26N7O6S+. The molecule has 4 heterocycles. The summed E-state index contributed by atoms with van der Waals surface area (Å²) in [7, 11) is 0. The van der Waals surface area contributed by atoms with Crippen molar-refractivity contribution in [1.29, 1.82) is 0 Å². The molecule has 3 N–H and O–H groups in total. The molecule has 3 amide bonds. The minimum absolute atomic E-state index is 0.0694. The number of aromatic nitrogens is 3. The third-order valence-corrected chi connectivity index (χ3v) is 7.91. The summed E-state index contributed by atoms with van der Waals surface area (Å²) in [6, 6.07) is 6.00. The van der Waals surface area contributed by atoms with E-state index in [0.717, 1.165) is 25.7 Å². The highest BCUT2D eigenvalue weighted by Crippen LogP contribution is 2.40. The van der Waals surface area contributed by atoms with Crippen LogP contribution in [0.2, 0.25) is 0 Å². The van der Waals surface area contributed by atoms with Gasteiger partial charge in [-0.3, -0.25) is 19.3 Å². The highest BCUT2D eigenvalue weighted by molar-refractivity contribution is 8.00. The lowest BCUT2D eigenvalue weighted by Gasteiger charge is -2.49. The van der Waals surface area contributed by atoms with Gasteiger partial charge in [-0.05, 0) is 31.7 Å². The summed E-state index contributed by atoms with van der Waals surface area (Å²) < 4.78 is 1.84. The van der Waals surface area contributed by atoms with Crippen molar-refractivity contribution in [3.8, 4) is 0 Å². The Labute approximate surface area is 227 Å². The minimum atomic E-state index is -1.20. The number of carbonyl (C=O) groups is 4. The molecule has 0 bridgehead atoms. The number of hydrogen-bond acceptors (Lipinski definition) is 9. The lowest BCUT2D eigenvalue weighted by Crippen LogP contribution is -2.71. The second-order valence-electron chi connectivity index (χ2n) is 9.15. The molecule has 2 aliphatic heterocycles. The van der Waals surface area contributed by atoms with E-state index < -0.39 is 29.2 Å². The second-order valence-corrected chi connectivity index (χ2v) is 10.3. The number of thioether (sulfide) groups is 1. The fourth-order valence-electron chi connectivity index (χ4n) is 4.69. The number of fused-ring (bicyclic) bond motifs is 1. The van der Waals surface area contributed by atoms with Gasteiger partial charge in [0.25, 0.3) is 11.8 Å². The zero-order valence-corrected chi connectivity index (χ0v) is 21.5. The van der Waals surface area contributed by atoms with Crippen molar-refractivity contribution >= 4 is 47.5 Å². The fraction of sp³-hybridized carbons (Fsp3) is 0.360. The van der Waals surface area contributed by atoms with Crippen molar-refractivity contribution in [3.05, 3.63) is 60.0 Å². The second kappa shape index (κ2) is 11.6. The molecule has 1 unspecified atom stereocenters. The van der Waals surface area contributed by atoms with Crippen LogP contribution in [0.3, 0.4) is 0 Å². The molecule has 0 spiro atoms. The van der Waals surface area contributed by atoms with Gasteiger partial charge in [-0.2, -0.15) is 0 Å². The van der Waals surface area contributed by atoms with Gasteiger partial charge >= 0.3 is 5.97 Å². The monoisotopic (exact) mass is 552 g/mol. The quantitative estimate of drug-likeness (QED) is 0.125. The molecule has 1 saturated carbocycles. The predicted octanol–water partition coefficient (Wildman–Crippen LogP) is 0.435. The number of hydrogen-bond donors (Lipinski definition) is 3. The van der Waals surface area contributed by atoms with E-state index in [9.17, 15) is 24.3 Å². The normalized spacial score (nSPS) is 21.2. The van der Waals surface area contributed by atoms with Gasteiger partial charge < -0.3 is 20.6 Å². The number of nitrogens with one attached hydrogen (secondary N) is 2. The van der Waals surface area contributed by atoms with Crippen molar-refractivity contribution in [3.63, 3.8) is 0 Å². The van der Waals surface area contributed by atoms with Crippen molar-refractivity contribution < 1.29 is 33.7 Å². The zero-order chi connectivity index (χ0) is 27.4. The number of pyridine rings is 1. The van der Waals surface area contributed by atoms with Gasteiger partial charge in [0.15, 0.2) is 24.8 Å². The molecule has 3 aliphatic rings. The van der Waals surface area contributed by atoms with E-state index in [-0.39, 0.29) is 29.2 Å². The van der Waals surface area contributed by atoms with E-state index in [1.165, 1.54) is 28.9 Å². The first-order chi connectivity index (χ1) is 19.0. The predicted molar refractivity (Wildman–Crippen MR) is 138 cm³/mol. The number of carbonyl (C=O) groups excluding carboxylic acids is 3. The summed E-state index contributed by atoms with van der Waals surface area (Å²) in [4.78, 5) is 64.6. The molecule has 0 aromatic carbocycles. The summed E-state index contributed by atoms with van der Waals surface area (Å²) in [5.41, 5.74) is 0.275. The Kier molecular flexibility index (Phi) is 7.81. The first-order valence-corrected chi connectivity index (χ1v) is 13.4. The van der Waals surface area contributed by atoms with Crippen molar-refractivity contribution in [2.24, 2.45) is 5.16 Å². The van der Waals surface area contributed by atoms with Gasteiger partial charge in [0.05, 0.1) is 0 Å². The van der Waals surface area contributed by atoms with Crippen LogP contribution in [0.1, 0.15) is 31.5 Å². The van der Waals surface area contributed by atoms with E-state index in [1.807, 2.05) is 35.2 Å². The Bertz CT molecular complexity index is 1350. The van der Waals surface area contributed by atoms with Crippen molar-refractivity contribution in [2.45, 2.75) is 49.7 Å². The molecule has 13 nitrogen and oxygen atoms in total. The maximum absolute atomic E-state index is 13.4. The number of β-lactam (4-membered cyclic amide) rings is 1. The summed E-state index contributed by atoms with van der Waals surface area (Å²) in [6.07, 6.45) is 8.87. The third-order valence-electron chi connectivity index (χ3n) is 6.57. The van der Waals surface area contributed by atoms with Gasteiger partial charge in [-0.25, -0.2) is 19.3 Å². The van der Waals surface area contributed by atoms with Crippen LogP contribution in [-0.4, -0.2) is 73.2 Å². The Morgan fingerprint density at radius 3 is 2.74 bits per heavy atom. The number of aliphatic carboxylic acids is 1. The number of nitrogens with zero attached hydrogens (tertiary/aromatic N) is 5. The van der Waals surface area contributed by atoms with Gasteiger partial charge in [0.2, 0.25) is 12.1 Å². The Balaban J connectivity index is 1.36. The maximum Gasteiger partial charge on any atom is 0.352 e. The van der Waals surface area contributed by atoms with Crippen LogP contribution in [0.15, 0.2) is 59.3 Å². The number of amides is 3. The number of carboxylic acids is 1. The molecule has 202 valence electrons. The Morgan fingerprint density at radius 2 is 2.03 bits per heavy atom. The molecule has 2 aromatic heterocycles. The van der Waals surface area contributed by atoms with Crippen molar-refractivity contribution in [2.75, 3.05) is 11.1 Å². The molecule has 1 saturated heterocycles. The zero-order valence-electron chi connectivity index (χ0n) is 20.7. The summed E-state index contributed by atoms with van der Waals surface area (Å²) >= 11 is 1.37. The smallest absolute Gasteiger partial charge is 0.352 e. The number of oxime groups is 1. The fourth-order valence-corrected chi connectivity index (χ4v) is 6.03. The van der Waals surface area contributed by atoms with Crippen molar-refractivity contribution in [1.82, 2.24) is 20.2 Å². The summed E-state index contributed by atoms with van der Waals surface area (Å²) in [5, 5.41) is 18.4. The lowest BCUT2D eigenvalue weighted by atomic mass is 10.0. The van der Waals surface area contributed by atoms with Gasteiger partial charge in [0, 0.05) is 29.7 Å². The highest BCUT2D eigenvalue weighted by atomic mass is 32.2. The molecule has 2 aromatic rings. The van der Waals surface area contributed by atoms with Crippen LogP contribution >= 0.6 is 11.8 Å². The first-order valence-electron chi connectivity index (χ1n) is 12.4. The van der Waals surface area contributed by atoms with Crippen LogP contribution in [0.4, 0.5) is 5.82 Å². The molecule has 14 heteroatoms. The van der Waals surface area contributed by atoms with E-state index in [4.69, 9.17) is 4.84 Å². The van der Waals surface area contributed by atoms with Gasteiger partial charge in [0.1, 0.15) is 29.0 Å². The largest absolute Gasteiger partial charge is 0.477 e. The number of rotatable bonds is 10. The topological polar surface area (TPSA) is 167 Å². The number of carboxylic acid groups (broad SMARTS) is 1. The number of anilines is 1. The van der Waals surface area contributed by atoms with E-state index in [1.54, 1.807) is 0 Å². The molecule has 39 heavy (non-hydrogen) atoms. The van der Waals surface area contributed by atoms with Gasteiger partial charge in [-0.15, -0.1) is 11.8 Å². The van der Waals surface area contributed by atoms with Crippen LogP contribution in [0.25, 0.3) is 0 Å². The van der Waals surface area contributed by atoms with E-state index in [0.29, 0.717) is 24.3 Å². The Morgan fingerprint density at radius 1 is 1.26 bits per heavy atom. The molecule has 2 fully saturated rings. The standard InChI is InChI=1S/C25H25N7O6S/c33-14-27-17-8-9-26-21(28-17)18(30-38-16-6-2-3-7-16)22(34)29-19-23(35)32-20(25(36)37)15(13-39-24(19)32)12-31-10-4-1-5-11-31/h1,4-5,8-11,14,16,19,24H,2-3,6-7,12-13H2,(H2-,26,27,28,29,33,34,36,37)/p+1/t19?,24-/m0/s1. The van der Waals surface area contributed by atoms with Gasteiger partial charge in [-0.1, -0.05) is 11.2 Å². The molecule has 0 radical (unpaired) electrons. The molecule has 1 aliphatic carbocycles. The molecule has 5 rings (SSSR count). The summed E-state index contributed by atoms with van der Waals surface area (Å²) in [5.74, 6) is -2.05. The van der Waals surface area contributed by atoms with Crippen LogP contribution in [0, 0.1) is 0 Å². The highest BCUT2D eigenvalue weighted by Gasteiger charge is 2.54. The molecular weight excluding hydrogens is 526 g/mol. The average molecular weight is 553 g/mol. The first kappa shape index (κ1) is 26.3. The van der Waals surface area contributed by atoms with E-state index in [2.05, 4.69) is 25.8 Å². The van der Waals surface area contributed by atoms with Crippen LogP contribution in [-0.2, 0) is 30.6 Å². The Hall–Kier alpha value is -4.33. The van der Waals surface area contributed by atoms with E-state index >= 15 is 0 Å². The SMILES string of the molecule is O=CNc1ccnc(C(=NOC2CCCC2)C(=O)NC2C(=O)N3C(C(=O)O)=C(C[n+]4ccccc4)CS[C@@H]23)n1. The average Bonchev–Trinajstić information content (AvgIpc) is 3.46. The third kappa shape index (κ3) is 5.60. The van der Waals surface area contributed by atoms with Crippen LogP contribution < -0.4 is 15.2 Å².